The van der Waals surface area contributed by atoms with Gasteiger partial charge in [-0.1, -0.05) is 36.4 Å². The van der Waals surface area contributed by atoms with Crippen LogP contribution in [0.4, 0.5) is 0 Å². The highest BCUT2D eigenvalue weighted by atomic mass is 32.1. The van der Waals surface area contributed by atoms with Gasteiger partial charge in [0.15, 0.2) is 16.6 Å². The predicted octanol–water partition coefficient (Wildman–Crippen LogP) is 3.69. The third-order valence-electron chi connectivity index (χ3n) is 3.60. The third-order valence-corrected chi connectivity index (χ3v) is 3.89. The summed E-state index contributed by atoms with van der Waals surface area (Å²) in [5, 5.41) is 7.13. The standard InChI is InChI=1S/C20H26N2O2S/c1-3-23-18-11-10-16(14-19(18)24-4-2)12-13-21-20(25)22-15-17-8-6-5-7-9-17/h5-11,14H,3-4,12-13,15H2,1-2H3,(H2,21,22,25). The molecule has 0 radical (unpaired) electrons. The van der Waals surface area contributed by atoms with Gasteiger partial charge in [0.2, 0.25) is 0 Å². The maximum atomic E-state index is 5.66. The molecule has 0 aliphatic rings. The molecule has 2 N–H and O–H groups in total. The van der Waals surface area contributed by atoms with Crippen molar-refractivity contribution in [2.24, 2.45) is 0 Å². The smallest absolute Gasteiger partial charge is 0.166 e. The molecule has 0 atom stereocenters. The van der Waals surface area contributed by atoms with Crippen LogP contribution in [0.5, 0.6) is 11.5 Å². The molecule has 0 aliphatic heterocycles. The summed E-state index contributed by atoms with van der Waals surface area (Å²) in [6.45, 7) is 6.68. The fourth-order valence-electron chi connectivity index (χ4n) is 2.41. The Morgan fingerprint density at radius 3 is 2.32 bits per heavy atom. The van der Waals surface area contributed by atoms with Gasteiger partial charge in [-0.15, -0.1) is 0 Å². The number of hydrogen-bond acceptors (Lipinski definition) is 3. The lowest BCUT2D eigenvalue weighted by Crippen LogP contribution is -2.35. The van der Waals surface area contributed by atoms with Crippen molar-refractivity contribution in [3.8, 4) is 11.5 Å². The van der Waals surface area contributed by atoms with Crippen LogP contribution in [0.1, 0.15) is 25.0 Å². The zero-order valence-corrected chi connectivity index (χ0v) is 15.7. The average molecular weight is 359 g/mol. The van der Waals surface area contributed by atoms with Gasteiger partial charge in [0.05, 0.1) is 13.2 Å². The summed E-state index contributed by atoms with van der Waals surface area (Å²) in [6.07, 6.45) is 0.861. The summed E-state index contributed by atoms with van der Waals surface area (Å²) >= 11 is 5.32. The Morgan fingerprint density at radius 1 is 0.880 bits per heavy atom. The van der Waals surface area contributed by atoms with Gasteiger partial charge in [0.25, 0.3) is 0 Å². The Hall–Kier alpha value is -2.27. The Labute approximate surface area is 155 Å². The largest absolute Gasteiger partial charge is 0.490 e. The van der Waals surface area contributed by atoms with Gasteiger partial charge in [0, 0.05) is 13.1 Å². The van der Waals surface area contributed by atoms with Crippen LogP contribution < -0.4 is 20.1 Å². The molecule has 0 bridgehead atoms. The Bertz CT molecular complexity index is 662. The first kappa shape index (κ1) is 19.1. The first-order valence-electron chi connectivity index (χ1n) is 8.67. The van der Waals surface area contributed by atoms with Gasteiger partial charge in [-0.3, -0.25) is 0 Å². The molecule has 0 saturated heterocycles. The molecule has 0 heterocycles. The predicted molar refractivity (Wildman–Crippen MR) is 106 cm³/mol. The number of ether oxygens (including phenoxy) is 2. The number of thiocarbonyl (C=S) groups is 1. The summed E-state index contributed by atoms with van der Waals surface area (Å²) in [5.74, 6) is 1.59. The molecule has 0 saturated carbocycles. The van der Waals surface area contributed by atoms with E-state index < -0.39 is 0 Å². The minimum Gasteiger partial charge on any atom is -0.490 e. The zero-order valence-electron chi connectivity index (χ0n) is 14.9. The van der Waals surface area contributed by atoms with E-state index in [0.717, 1.165) is 31.0 Å². The lowest BCUT2D eigenvalue weighted by molar-refractivity contribution is 0.287. The van der Waals surface area contributed by atoms with Gasteiger partial charge >= 0.3 is 0 Å². The molecule has 0 amide bonds. The summed E-state index contributed by atoms with van der Waals surface area (Å²) < 4.78 is 11.3. The van der Waals surface area contributed by atoms with Gasteiger partial charge in [-0.05, 0) is 55.7 Å². The molecule has 4 nitrogen and oxygen atoms in total. The number of hydrogen-bond donors (Lipinski definition) is 2. The van der Waals surface area contributed by atoms with Crippen LogP contribution in [0.25, 0.3) is 0 Å². The van der Waals surface area contributed by atoms with Gasteiger partial charge in [-0.25, -0.2) is 0 Å². The maximum Gasteiger partial charge on any atom is 0.166 e. The van der Waals surface area contributed by atoms with E-state index in [1.807, 2.05) is 44.2 Å². The van der Waals surface area contributed by atoms with Crippen LogP contribution in [0.2, 0.25) is 0 Å². The van der Waals surface area contributed by atoms with Crippen molar-refractivity contribution in [3.63, 3.8) is 0 Å². The van der Waals surface area contributed by atoms with Crippen LogP contribution in [-0.2, 0) is 13.0 Å². The van der Waals surface area contributed by atoms with Crippen LogP contribution >= 0.6 is 12.2 Å². The molecule has 0 aromatic heterocycles. The number of nitrogens with one attached hydrogen (secondary N) is 2. The van der Waals surface area contributed by atoms with Gasteiger partial charge in [-0.2, -0.15) is 0 Å². The molecular formula is C20H26N2O2S. The average Bonchev–Trinajstić information content (AvgIpc) is 2.63. The molecule has 0 fully saturated rings. The van der Waals surface area contributed by atoms with Crippen molar-refractivity contribution in [1.82, 2.24) is 10.6 Å². The van der Waals surface area contributed by atoms with Gasteiger partial charge < -0.3 is 20.1 Å². The van der Waals surface area contributed by atoms with Crippen molar-refractivity contribution in [1.29, 1.82) is 0 Å². The molecule has 0 unspecified atom stereocenters. The minimum atomic E-state index is 0.620. The molecule has 2 aromatic rings. The van der Waals surface area contributed by atoms with E-state index in [2.05, 4.69) is 28.8 Å². The summed E-state index contributed by atoms with van der Waals surface area (Å²) in [4.78, 5) is 0. The van der Waals surface area contributed by atoms with Crippen LogP contribution in [0.3, 0.4) is 0 Å². The van der Waals surface area contributed by atoms with E-state index in [4.69, 9.17) is 21.7 Å². The number of rotatable bonds is 9. The maximum absolute atomic E-state index is 5.66. The summed E-state index contributed by atoms with van der Waals surface area (Å²) in [6, 6.07) is 16.3. The van der Waals surface area contributed by atoms with E-state index in [-0.39, 0.29) is 0 Å². The fourth-order valence-corrected chi connectivity index (χ4v) is 2.59. The molecule has 5 heteroatoms. The van der Waals surface area contributed by atoms with Crippen molar-refractivity contribution < 1.29 is 9.47 Å². The van der Waals surface area contributed by atoms with Crippen molar-refractivity contribution >= 4 is 17.3 Å². The summed E-state index contributed by atoms with van der Waals surface area (Å²) in [7, 11) is 0. The molecular weight excluding hydrogens is 332 g/mol. The number of benzene rings is 2. The second kappa shape index (κ2) is 10.6. The quantitative estimate of drug-likeness (QED) is 0.669. The van der Waals surface area contributed by atoms with Crippen molar-refractivity contribution in [3.05, 3.63) is 59.7 Å². The molecule has 134 valence electrons. The highest BCUT2D eigenvalue weighted by molar-refractivity contribution is 7.80. The summed E-state index contributed by atoms with van der Waals surface area (Å²) in [5.41, 5.74) is 2.39. The van der Waals surface area contributed by atoms with E-state index in [1.54, 1.807) is 0 Å². The van der Waals surface area contributed by atoms with Crippen LogP contribution in [-0.4, -0.2) is 24.9 Å². The molecule has 2 aromatic carbocycles. The molecule has 0 spiro atoms. The highest BCUT2D eigenvalue weighted by Gasteiger charge is 2.06. The topological polar surface area (TPSA) is 42.5 Å². The normalized spacial score (nSPS) is 10.2. The van der Waals surface area contributed by atoms with E-state index in [9.17, 15) is 0 Å². The van der Waals surface area contributed by atoms with Crippen molar-refractivity contribution in [2.45, 2.75) is 26.8 Å². The second-order valence-electron chi connectivity index (χ2n) is 5.49. The van der Waals surface area contributed by atoms with Gasteiger partial charge in [0.1, 0.15) is 0 Å². The van der Waals surface area contributed by atoms with Crippen LogP contribution in [0, 0.1) is 0 Å². The van der Waals surface area contributed by atoms with E-state index in [0.29, 0.717) is 18.3 Å². The monoisotopic (exact) mass is 358 g/mol. The first-order chi connectivity index (χ1) is 12.2. The van der Waals surface area contributed by atoms with Crippen molar-refractivity contribution in [2.75, 3.05) is 19.8 Å². The SMILES string of the molecule is CCOc1ccc(CCNC(=S)NCc2ccccc2)cc1OCC. The Balaban J connectivity index is 1.78. The fraction of sp³-hybridized carbons (Fsp3) is 0.350. The Morgan fingerprint density at radius 2 is 1.60 bits per heavy atom. The third kappa shape index (κ3) is 6.63. The lowest BCUT2D eigenvalue weighted by Gasteiger charge is -2.13. The highest BCUT2D eigenvalue weighted by Crippen LogP contribution is 2.28. The zero-order chi connectivity index (χ0) is 17.9. The minimum absolute atomic E-state index is 0.620. The van der Waals surface area contributed by atoms with E-state index >= 15 is 0 Å². The lowest BCUT2D eigenvalue weighted by atomic mass is 10.1. The Kier molecular flexibility index (Phi) is 8.05. The molecule has 2 rings (SSSR count). The van der Waals surface area contributed by atoms with E-state index in [1.165, 1.54) is 11.1 Å². The molecule has 25 heavy (non-hydrogen) atoms. The first-order valence-corrected chi connectivity index (χ1v) is 9.08. The molecule has 0 aliphatic carbocycles. The van der Waals surface area contributed by atoms with Crippen LogP contribution in [0.15, 0.2) is 48.5 Å². The second-order valence-corrected chi connectivity index (χ2v) is 5.90.